The first-order chi connectivity index (χ1) is 8.37. The Kier molecular flexibility index (Phi) is 5.29. The van der Waals surface area contributed by atoms with Crippen LogP contribution in [0.2, 0.25) is 0 Å². The highest BCUT2D eigenvalue weighted by Gasteiger charge is 2.03. The summed E-state index contributed by atoms with van der Waals surface area (Å²) in [4.78, 5) is 2.10. The summed E-state index contributed by atoms with van der Waals surface area (Å²) < 4.78 is 24.2. The van der Waals surface area contributed by atoms with Crippen LogP contribution in [0.5, 0.6) is 0 Å². The van der Waals surface area contributed by atoms with E-state index < -0.39 is 10.0 Å². The lowest BCUT2D eigenvalue weighted by atomic mass is 10.4. The summed E-state index contributed by atoms with van der Waals surface area (Å²) in [7, 11) is 0.740. The maximum absolute atomic E-state index is 11.0. The standard InChI is InChI=1S/C10H19N5O2S/c1-15(2)8-4-7-11-9-5-6-10(13-12-9)14-18(3,16)17/h5-6H,4,7-8H2,1-3H3,(H,11,12)(H,13,14). The number of rotatable bonds is 7. The topological polar surface area (TPSA) is 87.2 Å². The van der Waals surface area contributed by atoms with E-state index >= 15 is 0 Å². The summed E-state index contributed by atoms with van der Waals surface area (Å²) in [6.45, 7) is 1.79. The van der Waals surface area contributed by atoms with E-state index in [4.69, 9.17) is 0 Å². The Labute approximate surface area is 108 Å². The van der Waals surface area contributed by atoms with E-state index in [9.17, 15) is 8.42 Å². The molecule has 0 radical (unpaired) electrons. The van der Waals surface area contributed by atoms with Gasteiger partial charge in [-0.2, -0.15) is 0 Å². The lowest BCUT2D eigenvalue weighted by Crippen LogP contribution is -2.17. The van der Waals surface area contributed by atoms with Gasteiger partial charge < -0.3 is 10.2 Å². The smallest absolute Gasteiger partial charge is 0.231 e. The maximum Gasteiger partial charge on any atom is 0.231 e. The fraction of sp³-hybridized carbons (Fsp3) is 0.600. The van der Waals surface area contributed by atoms with E-state index in [0.717, 1.165) is 25.8 Å². The van der Waals surface area contributed by atoms with Crippen LogP contribution < -0.4 is 10.0 Å². The number of anilines is 2. The SMILES string of the molecule is CN(C)CCCNc1ccc(NS(C)(=O)=O)nn1. The van der Waals surface area contributed by atoms with E-state index in [1.165, 1.54) is 0 Å². The zero-order valence-electron chi connectivity index (χ0n) is 10.8. The molecule has 2 N–H and O–H groups in total. The van der Waals surface area contributed by atoms with E-state index in [-0.39, 0.29) is 5.82 Å². The number of hydrogen-bond donors (Lipinski definition) is 2. The van der Waals surface area contributed by atoms with E-state index in [0.29, 0.717) is 5.82 Å². The average Bonchev–Trinajstić information content (AvgIpc) is 2.24. The highest BCUT2D eigenvalue weighted by Crippen LogP contribution is 2.07. The minimum Gasteiger partial charge on any atom is -0.369 e. The minimum atomic E-state index is -3.30. The molecule has 1 aromatic rings. The number of nitrogens with zero attached hydrogens (tertiary/aromatic N) is 3. The van der Waals surface area contributed by atoms with Crippen molar-refractivity contribution in [2.24, 2.45) is 0 Å². The van der Waals surface area contributed by atoms with E-state index in [1.54, 1.807) is 12.1 Å². The largest absolute Gasteiger partial charge is 0.369 e. The summed E-state index contributed by atoms with van der Waals surface area (Å²) in [6.07, 6.45) is 2.07. The Bertz CT molecular complexity index is 458. The number of sulfonamides is 1. The number of hydrogen-bond acceptors (Lipinski definition) is 6. The summed E-state index contributed by atoms with van der Waals surface area (Å²) in [6, 6.07) is 3.26. The van der Waals surface area contributed by atoms with Crippen LogP contribution in [0.4, 0.5) is 11.6 Å². The van der Waals surface area contributed by atoms with Gasteiger partial charge in [-0.25, -0.2) is 8.42 Å². The predicted molar refractivity (Wildman–Crippen MR) is 72.2 cm³/mol. The quantitative estimate of drug-likeness (QED) is 0.691. The van der Waals surface area contributed by atoms with Crippen molar-refractivity contribution in [3.05, 3.63) is 12.1 Å². The lowest BCUT2D eigenvalue weighted by molar-refractivity contribution is 0.405. The third-order valence-electron chi connectivity index (χ3n) is 2.04. The monoisotopic (exact) mass is 273 g/mol. The fourth-order valence-corrected chi connectivity index (χ4v) is 1.77. The van der Waals surface area contributed by atoms with Crippen LogP contribution in [0.25, 0.3) is 0 Å². The second-order valence-corrected chi connectivity index (χ2v) is 6.01. The highest BCUT2D eigenvalue weighted by atomic mass is 32.2. The molecular formula is C10H19N5O2S. The lowest BCUT2D eigenvalue weighted by Gasteiger charge is -2.10. The van der Waals surface area contributed by atoms with Gasteiger partial charge in [0.1, 0.15) is 5.82 Å². The van der Waals surface area contributed by atoms with Crippen molar-refractivity contribution in [1.29, 1.82) is 0 Å². The van der Waals surface area contributed by atoms with Crippen molar-refractivity contribution >= 4 is 21.7 Å². The molecule has 0 aliphatic carbocycles. The molecule has 0 amide bonds. The molecule has 102 valence electrons. The third-order valence-corrected chi connectivity index (χ3v) is 2.62. The number of aromatic nitrogens is 2. The Morgan fingerprint density at radius 2 is 1.83 bits per heavy atom. The molecule has 1 heterocycles. The third kappa shape index (κ3) is 6.36. The first kappa shape index (κ1) is 14.7. The van der Waals surface area contributed by atoms with Gasteiger partial charge in [-0.3, -0.25) is 4.72 Å². The summed E-state index contributed by atoms with van der Waals surface area (Å²) in [5, 5.41) is 10.8. The molecule has 1 rings (SSSR count). The summed E-state index contributed by atoms with van der Waals surface area (Å²) in [5.41, 5.74) is 0. The van der Waals surface area contributed by atoms with Gasteiger partial charge in [0.05, 0.1) is 6.26 Å². The van der Waals surface area contributed by atoms with Gasteiger partial charge in [-0.05, 0) is 39.2 Å². The first-order valence-electron chi connectivity index (χ1n) is 5.57. The van der Waals surface area contributed by atoms with Gasteiger partial charge in [-0.1, -0.05) is 0 Å². The molecule has 0 atom stereocenters. The van der Waals surface area contributed by atoms with Crippen LogP contribution in [0, 0.1) is 0 Å². The summed E-state index contributed by atoms with van der Waals surface area (Å²) >= 11 is 0. The summed E-state index contributed by atoms with van der Waals surface area (Å²) in [5.74, 6) is 0.851. The minimum absolute atomic E-state index is 0.219. The van der Waals surface area contributed by atoms with Gasteiger partial charge in [0.25, 0.3) is 0 Å². The zero-order chi connectivity index (χ0) is 13.6. The van der Waals surface area contributed by atoms with Crippen molar-refractivity contribution in [2.75, 3.05) is 43.5 Å². The van der Waals surface area contributed by atoms with Gasteiger partial charge in [0.15, 0.2) is 5.82 Å². The van der Waals surface area contributed by atoms with Crippen LogP contribution in [-0.4, -0.2) is 57.0 Å². The Hall–Kier alpha value is -1.41. The molecule has 0 fully saturated rings. The van der Waals surface area contributed by atoms with Gasteiger partial charge >= 0.3 is 0 Å². The van der Waals surface area contributed by atoms with Crippen molar-refractivity contribution < 1.29 is 8.42 Å². The predicted octanol–water partition coefficient (Wildman–Crippen LogP) is 0.212. The molecular weight excluding hydrogens is 254 g/mol. The molecule has 0 aromatic carbocycles. The molecule has 0 saturated heterocycles. The van der Waals surface area contributed by atoms with E-state index in [1.807, 2.05) is 14.1 Å². The molecule has 0 aliphatic heterocycles. The Balaban J connectivity index is 2.41. The normalized spacial score (nSPS) is 11.6. The van der Waals surface area contributed by atoms with Crippen LogP contribution in [0.3, 0.4) is 0 Å². The average molecular weight is 273 g/mol. The first-order valence-corrected chi connectivity index (χ1v) is 7.46. The Morgan fingerprint density at radius 1 is 1.22 bits per heavy atom. The van der Waals surface area contributed by atoms with Crippen molar-refractivity contribution in [3.8, 4) is 0 Å². The zero-order valence-corrected chi connectivity index (χ0v) is 11.7. The second-order valence-electron chi connectivity index (χ2n) is 4.26. The Morgan fingerprint density at radius 3 is 2.33 bits per heavy atom. The van der Waals surface area contributed by atoms with Crippen LogP contribution in [0.1, 0.15) is 6.42 Å². The molecule has 0 unspecified atom stereocenters. The molecule has 8 heteroatoms. The van der Waals surface area contributed by atoms with E-state index in [2.05, 4.69) is 25.1 Å². The maximum atomic E-state index is 11.0. The molecule has 0 saturated carbocycles. The van der Waals surface area contributed by atoms with Crippen molar-refractivity contribution in [3.63, 3.8) is 0 Å². The molecule has 7 nitrogen and oxygen atoms in total. The molecule has 18 heavy (non-hydrogen) atoms. The molecule has 0 bridgehead atoms. The number of nitrogens with one attached hydrogen (secondary N) is 2. The van der Waals surface area contributed by atoms with Crippen molar-refractivity contribution in [2.45, 2.75) is 6.42 Å². The molecule has 0 aliphatic rings. The van der Waals surface area contributed by atoms with Crippen molar-refractivity contribution in [1.82, 2.24) is 15.1 Å². The highest BCUT2D eigenvalue weighted by molar-refractivity contribution is 7.92. The van der Waals surface area contributed by atoms with Crippen LogP contribution >= 0.6 is 0 Å². The molecule has 1 aromatic heterocycles. The van der Waals surface area contributed by atoms with Gasteiger partial charge in [-0.15, -0.1) is 10.2 Å². The second kappa shape index (κ2) is 6.50. The van der Waals surface area contributed by atoms with Crippen LogP contribution in [-0.2, 0) is 10.0 Å². The molecule has 0 spiro atoms. The van der Waals surface area contributed by atoms with Crippen LogP contribution in [0.15, 0.2) is 12.1 Å². The fourth-order valence-electron chi connectivity index (χ4n) is 1.28. The van der Waals surface area contributed by atoms with Gasteiger partial charge in [0.2, 0.25) is 10.0 Å². The van der Waals surface area contributed by atoms with Gasteiger partial charge in [0, 0.05) is 6.54 Å².